The summed E-state index contributed by atoms with van der Waals surface area (Å²) in [4.78, 5) is 16.3. The van der Waals surface area contributed by atoms with E-state index in [0.29, 0.717) is 18.4 Å². The molecule has 0 heterocycles. The number of unbranched alkanes of at least 4 members (excludes halogenated alkanes) is 3. The molecular weight excluding hydrogens is 419 g/mol. The number of alkyl carbamates (subject to hydrolysis) is 1. The Bertz CT molecular complexity index is 393. The molecule has 1 atom stereocenters. The van der Waals surface area contributed by atoms with Crippen LogP contribution in [0.4, 0.5) is 4.79 Å². The molecule has 1 rings (SSSR count). The molecule has 1 saturated carbocycles. The second-order valence-corrected chi connectivity index (χ2v) is 7.30. The van der Waals surface area contributed by atoms with Crippen molar-refractivity contribution in [3.05, 3.63) is 0 Å². The zero-order valence-corrected chi connectivity index (χ0v) is 17.9. The predicted molar refractivity (Wildman–Crippen MR) is 110 cm³/mol. The third-order valence-electron chi connectivity index (χ3n) is 3.69. The minimum atomic E-state index is -0.486. The van der Waals surface area contributed by atoms with Gasteiger partial charge < -0.3 is 21.1 Å². The van der Waals surface area contributed by atoms with E-state index >= 15 is 0 Å². The quantitative estimate of drug-likeness (QED) is 0.216. The first-order chi connectivity index (χ1) is 10.8. The second kappa shape index (κ2) is 11.8. The zero-order valence-electron chi connectivity index (χ0n) is 15.6. The maximum Gasteiger partial charge on any atom is 0.407 e. The van der Waals surface area contributed by atoms with E-state index in [1.54, 1.807) is 0 Å². The molecule has 0 spiro atoms. The molecule has 1 amide bonds. The first-order valence-corrected chi connectivity index (χ1v) is 8.85. The summed E-state index contributed by atoms with van der Waals surface area (Å²) in [6.45, 7) is 9.12. The van der Waals surface area contributed by atoms with Crippen LogP contribution in [0.25, 0.3) is 0 Å². The average molecular weight is 454 g/mol. The van der Waals surface area contributed by atoms with E-state index in [2.05, 4.69) is 22.5 Å². The molecule has 1 fully saturated rings. The van der Waals surface area contributed by atoms with Crippen LogP contribution in [-0.4, -0.2) is 36.8 Å². The molecule has 1 aliphatic rings. The summed E-state index contributed by atoms with van der Waals surface area (Å²) in [5.41, 5.74) is 5.40. The number of carbonyl (C=O) groups excluding carboxylic acids is 1. The first-order valence-electron chi connectivity index (χ1n) is 8.85. The van der Waals surface area contributed by atoms with E-state index in [4.69, 9.17) is 10.5 Å². The van der Waals surface area contributed by atoms with Gasteiger partial charge in [-0.25, -0.2) is 4.79 Å². The highest BCUT2D eigenvalue weighted by atomic mass is 127. The fourth-order valence-electron chi connectivity index (χ4n) is 2.29. The molecule has 0 bridgehead atoms. The first kappa shape index (κ1) is 23.3. The van der Waals surface area contributed by atoms with Crippen molar-refractivity contribution < 1.29 is 9.53 Å². The lowest BCUT2D eigenvalue weighted by Crippen LogP contribution is -2.43. The Labute approximate surface area is 163 Å². The van der Waals surface area contributed by atoms with E-state index in [9.17, 15) is 4.79 Å². The molecule has 7 heteroatoms. The van der Waals surface area contributed by atoms with Gasteiger partial charge in [0.1, 0.15) is 5.60 Å². The van der Waals surface area contributed by atoms with Gasteiger partial charge in [-0.15, -0.1) is 24.0 Å². The van der Waals surface area contributed by atoms with Gasteiger partial charge in [0, 0.05) is 6.54 Å². The Hall–Kier alpha value is -0.730. The molecule has 0 saturated heterocycles. The highest BCUT2D eigenvalue weighted by Gasteiger charge is 2.33. The van der Waals surface area contributed by atoms with Crippen LogP contribution >= 0.6 is 24.0 Å². The lowest BCUT2D eigenvalue weighted by molar-refractivity contribution is 0.0500. The number of amides is 1. The molecule has 142 valence electrons. The largest absolute Gasteiger partial charge is 0.444 e. The summed E-state index contributed by atoms with van der Waals surface area (Å²) < 4.78 is 5.31. The summed E-state index contributed by atoms with van der Waals surface area (Å²) in [6, 6.07) is 0.00490. The van der Waals surface area contributed by atoms with Crippen LogP contribution in [0.15, 0.2) is 4.99 Å². The van der Waals surface area contributed by atoms with Crippen LogP contribution in [0, 0.1) is 5.92 Å². The summed E-state index contributed by atoms with van der Waals surface area (Å²) in [5, 5.41) is 6.05. The average Bonchev–Trinajstić information content (AvgIpc) is 3.25. The number of ether oxygens (including phenoxy) is 1. The van der Waals surface area contributed by atoms with Gasteiger partial charge in [0.2, 0.25) is 0 Å². The van der Waals surface area contributed by atoms with Crippen molar-refractivity contribution in [2.45, 2.75) is 77.9 Å². The van der Waals surface area contributed by atoms with Gasteiger partial charge in [-0.1, -0.05) is 26.2 Å². The summed E-state index contributed by atoms with van der Waals surface area (Å²) in [7, 11) is 0. The molecule has 0 aromatic heterocycles. The van der Waals surface area contributed by atoms with Crippen LogP contribution in [0.3, 0.4) is 0 Å². The molecule has 0 radical (unpaired) electrons. The minimum Gasteiger partial charge on any atom is -0.444 e. The minimum absolute atomic E-state index is 0. The Morgan fingerprint density at radius 2 is 1.96 bits per heavy atom. The molecule has 6 nitrogen and oxygen atoms in total. The summed E-state index contributed by atoms with van der Waals surface area (Å²) >= 11 is 0. The van der Waals surface area contributed by atoms with Gasteiger partial charge in [0.25, 0.3) is 0 Å². The van der Waals surface area contributed by atoms with Crippen LogP contribution in [0.5, 0.6) is 0 Å². The fraction of sp³-hybridized carbons (Fsp3) is 0.882. The molecule has 0 aromatic rings. The highest BCUT2D eigenvalue weighted by Crippen LogP contribution is 2.32. The van der Waals surface area contributed by atoms with Crippen LogP contribution in [-0.2, 0) is 4.74 Å². The topological polar surface area (TPSA) is 88.7 Å². The van der Waals surface area contributed by atoms with Crippen LogP contribution < -0.4 is 16.4 Å². The standard InChI is InChI=1S/C17H34N4O2.HI/c1-5-6-7-8-11-19-15(18)20-12-14(13-9-10-13)21-16(22)23-17(2,3)4;/h13-14H,5-12H2,1-4H3,(H,21,22)(H3,18,19,20);1H. The molecular formula is C17H35IN4O2. The molecule has 1 unspecified atom stereocenters. The van der Waals surface area contributed by atoms with E-state index in [1.165, 1.54) is 19.3 Å². The number of aliphatic imine (C=N–C) groups is 1. The normalized spacial score (nSPS) is 16.1. The van der Waals surface area contributed by atoms with Gasteiger partial charge in [0.05, 0.1) is 12.6 Å². The van der Waals surface area contributed by atoms with Crippen molar-refractivity contribution in [2.75, 3.05) is 13.1 Å². The Morgan fingerprint density at radius 1 is 1.29 bits per heavy atom. The zero-order chi connectivity index (χ0) is 17.3. The number of nitrogens with two attached hydrogens (primary N) is 1. The second-order valence-electron chi connectivity index (χ2n) is 7.30. The highest BCUT2D eigenvalue weighted by molar-refractivity contribution is 14.0. The van der Waals surface area contributed by atoms with Crippen molar-refractivity contribution in [2.24, 2.45) is 16.6 Å². The smallest absolute Gasteiger partial charge is 0.407 e. The monoisotopic (exact) mass is 454 g/mol. The van der Waals surface area contributed by atoms with Gasteiger partial charge in [-0.3, -0.25) is 4.99 Å². The van der Waals surface area contributed by atoms with Crippen molar-refractivity contribution in [3.63, 3.8) is 0 Å². The SMILES string of the molecule is CCCCCCNC(N)=NCC(NC(=O)OC(C)(C)C)C1CC1.I. The van der Waals surface area contributed by atoms with E-state index in [0.717, 1.165) is 25.8 Å². The van der Waals surface area contributed by atoms with E-state index < -0.39 is 5.60 Å². The van der Waals surface area contributed by atoms with Crippen molar-refractivity contribution in [1.82, 2.24) is 10.6 Å². The van der Waals surface area contributed by atoms with E-state index in [1.807, 2.05) is 20.8 Å². The maximum atomic E-state index is 11.9. The number of nitrogens with zero attached hydrogens (tertiary/aromatic N) is 1. The number of hydrogen-bond acceptors (Lipinski definition) is 3. The Kier molecular flexibility index (Phi) is 11.4. The molecule has 0 aromatic carbocycles. The Balaban J connectivity index is 0.00000529. The number of halogens is 1. The summed E-state index contributed by atoms with van der Waals surface area (Å²) in [5.74, 6) is 0.946. The molecule has 0 aliphatic heterocycles. The summed E-state index contributed by atoms with van der Waals surface area (Å²) in [6.07, 6.45) is 6.66. The number of carbonyl (C=O) groups is 1. The third kappa shape index (κ3) is 11.8. The molecule has 1 aliphatic carbocycles. The lowest BCUT2D eigenvalue weighted by Gasteiger charge is -2.23. The number of rotatable bonds is 9. The van der Waals surface area contributed by atoms with Crippen LogP contribution in [0.2, 0.25) is 0 Å². The van der Waals surface area contributed by atoms with Gasteiger partial charge in [-0.05, 0) is 46.0 Å². The third-order valence-corrected chi connectivity index (χ3v) is 3.69. The fourth-order valence-corrected chi connectivity index (χ4v) is 2.29. The number of guanidine groups is 1. The predicted octanol–water partition coefficient (Wildman–Crippen LogP) is 3.39. The van der Waals surface area contributed by atoms with Crippen molar-refractivity contribution in [1.29, 1.82) is 0 Å². The molecule has 4 N–H and O–H groups in total. The molecule has 24 heavy (non-hydrogen) atoms. The van der Waals surface area contributed by atoms with Crippen molar-refractivity contribution in [3.8, 4) is 0 Å². The van der Waals surface area contributed by atoms with Gasteiger partial charge >= 0.3 is 6.09 Å². The Morgan fingerprint density at radius 3 is 2.50 bits per heavy atom. The van der Waals surface area contributed by atoms with Gasteiger partial charge in [-0.2, -0.15) is 0 Å². The van der Waals surface area contributed by atoms with Crippen molar-refractivity contribution >= 4 is 36.0 Å². The lowest BCUT2D eigenvalue weighted by atomic mass is 10.2. The van der Waals surface area contributed by atoms with Gasteiger partial charge in [0.15, 0.2) is 5.96 Å². The number of nitrogens with one attached hydrogen (secondary N) is 2. The van der Waals surface area contributed by atoms with Crippen LogP contribution in [0.1, 0.15) is 66.2 Å². The maximum absolute atomic E-state index is 11.9. The number of hydrogen-bond donors (Lipinski definition) is 3. The van der Waals surface area contributed by atoms with E-state index in [-0.39, 0.29) is 36.1 Å².